The van der Waals surface area contributed by atoms with Crippen LogP contribution in [-0.4, -0.2) is 46.9 Å². The van der Waals surface area contributed by atoms with Crippen LogP contribution in [0.5, 0.6) is 11.5 Å². The number of ether oxygens (including phenoxy) is 2. The molecule has 0 spiro atoms. The van der Waals surface area contributed by atoms with Gasteiger partial charge in [0.2, 0.25) is 15.9 Å². The van der Waals surface area contributed by atoms with Crippen molar-refractivity contribution in [2.75, 3.05) is 30.8 Å². The van der Waals surface area contributed by atoms with Crippen LogP contribution in [0.3, 0.4) is 0 Å². The van der Waals surface area contributed by atoms with E-state index in [4.69, 9.17) is 9.47 Å². The minimum atomic E-state index is -3.55. The topological polar surface area (TPSA) is 84.9 Å². The zero-order valence-corrected chi connectivity index (χ0v) is 18.1. The van der Waals surface area contributed by atoms with Gasteiger partial charge in [-0.15, -0.1) is 0 Å². The number of carbonyl (C=O) groups is 1. The third kappa shape index (κ3) is 7.55. The van der Waals surface area contributed by atoms with E-state index in [9.17, 15) is 17.6 Å². The predicted octanol–water partition coefficient (Wildman–Crippen LogP) is 2.96. The summed E-state index contributed by atoms with van der Waals surface area (Å²) in [6.45, 7) is 2.24. The minimum Gasteiger partial charge on any atom is -0.497 e. The van der Waals surface area contributed by atoms with Crippen molar-refractivity contribution in [2.24, 2.45) is 0 Å². The average molecular weight is 439 g/mol. The van der Waals surface area contributed by atoms with E-state index in [1.165, 1.54) is 24.3 Å². The molecule has 7 nitrogen and oxygen atoms in total. The summed E-state index contributed by atoms with van der Waals surface area (Å²) < 4.78 is 49.1. The fourth-order valence-electron chi connectivity index (χ4n) is 2.76. The molecule has 0 radical (unpaired) electrons. The summed E-state index contributed by atoms with van der Waals surface area (Å²) in [6, 6.07) is 12.1. The molecule has 1 atom stereocenters. The molecule has 2 rings (SSSR count). The van der Waals surface area contributed by atoms with E-state index in [0.717, 1.165) is 16.3 Å². The second-order valence-electron chi connectivity index (χ2n) is 6.87. The highest BCUT2D eigenvalue weighted by atomic mass is 32.2. The first kappa shape index (κ1) is 23.5. The number of nitrogens with zero attached hydrogens (tertiary/aromatic N) is 1. The molecule has 2 aromatic carbocycles. The van der Waals surface area contributed by atoms with Gasteiger partial charge in [0, 0.05) is 13.0 Å². The van der Waals surface area contributed by atoms with Gasteiger partial charge < -0.3 is 14.8 Å². The van der Waals surface area contributed by atoms with E-state index in [-0.39, 0.29) is 24.9 Å². The highest BCUT2D eigenvalue weighted by molar-refractivity contribution is 7.92. The SMILES string of the molecule is COc1ccc(OCC(C)NC(=O)CCCN(c2ccc(F)cc2)S(C)(=O)=O)cc1. The van der Waals surface area contributed by atoms with Gasteiger partial charge in [0.1, 0.15) is 23.9 Å². The summed E-state index contributed by atoms with van der Waals surface area (Å²) in [6.07, 6.45) is 1.55. The molecule has 164 valence electrons. The maximum absolute atomic E-state index is 13.1. The zero-order chi connectivity index (χ0) is 22.1. The van der Waals surface area contributed by atoms with E-state index < -0.39 is 15.8 Å². The molecule has 2 aromatic rings. The maximum atomic E-state index is 13.1. The van der Waals surface area contributed by atoms with Gasteiger partial charge in [0.05, 0.1) is 25.1 Å². The lowest BCUT2D eigenvalue weighted by Crippen LogP contribution is -2.37. The normalized spacial score (nSPS) is 12.1. The molecule has 0 heterocycles. The van der Waals surface area contributed by atoms with Crippen molar-refractivity contribution in [1.82, 2.24) is 5.32 Å². The minimum absolute atomic E-state index is 0.120. The first-order valence-corrected chi connectivity index (χ1v) is 11.3. The first-order valence-electron chi connectivity index (χ1n) is 9.48. The van der Waals surface area contributed by atoms with Crippen LogP contribution in [0.15, 0.2) is 48.5 Å². The Kier molecular flexibility index (Phi) is 8.46. The number of nitrogens with one attached hydrogen (secondary N) is 1. The molecule has 0 aliphatic carbocycles. The molecule has 0 aliphatic rings. The molecule has 1 N–H and O–H groups in total. The summed E-state index contributed by atoms with van der Waals surface area (Å²) >= 11 is 0. The number of carbonyl (C=O) groups excluding carboxylic acids is 1. The lowest BCUT2D eigenvalue weighted by atomic mass is 10.2. The van der Waals surface area contributed by atoms with E-state index in [1.54, 1.807) is 31.4 Å². The Balaban J connectivity index is 1.78. The molecular weight excluding hydrogens is 411 g/mol. The summed E-state index contributed by atoms with van der Waals surface area (Å²) in [5, 5.41) is 2.83. The number of amides is 1. The van der Waals surface area contributed by atoms with Crippen LogP contribution in [-0.2, 0) is 14.8 Å². The van der Waals surface area contributed by atoms with Gasteiger partial charge in [0.15, 0.2) is 0 Å². The van der Waals surface area contributed by atoms with Crippen LogP contribution in [0.4, 0.5) is 10.1 Å². The molecule has 0 aliphatic heterocycles. The van der Waals surface area contributed by atoms with Crippen molar-refractivity contribution < 1.29 is 27.1 Å². The van der Waals surface area contributed by atoms with E-state index in [1.807, 2.05) is 6.92 Å². The fourth-order valence-corrected chi connectivity index (χ4v) is 3.72. The molecule has 1 unspecified atom stereocenters. The monoisotopic (exact) mass is 438 g/mol. The van der Waals surface area contributed by atoms with Gasteiger partial charge >= 0.3 is 0 Å². The third-order valence-corrected chi connectivity index (χ3v) is 5.44. The maximum Gasteiger partial charge on any atom is 0.232 e. The Morgan fingerprint density at radius 2 is 1.70 bits per heavy atom. The molecule has 0 saturated carbocycles. The second kappa shape index (κ2) is 10.8. The molecule has 0 saturated heterocycles. The molecule has 1 amide bonds. The van der Waals surface area contributed by atoms with Gasteiger partial charge in [-0.05, 0) is 61.9 Å². The lowest BCUT2D eigenvalue weighted by Gasteiger charge is -2.22. The van der Waals surface area contributed by atoms with Crippen LogP contribution in [0.2, 0.25) is 0 Å². The van der Waals surface area contributed by atoms with E-state index >= 15 is 0 Å². The van der Waals surface area contributed by atoms with Crippen molar-refractivity contribution in [3.8, 4) is 11.5 Å². The lowest BCUT2D eigenvalue weighted by molar-refractivity contribution is -0.121. The fraction of sp³-hybridized carbons (Fsp3) is 0.381. The standard InChI is InChI=1S/C21H27FN2O5S/c1-16(15-29-20-12-10-19(28-2)11-13-20)23-21(25)5-4-14-24(30(3,26)27)18-8-6-17(22)7-9-18/h6-13,16H,4-5,14-15H2,1-3H3,(H,23,25). The van der Waals surface area contributed by atoms with Gasteiger partial charge in [-0.25, -0.2) is 12.8 Å². The number of hydrogen-bond donors (Lipinski definition) is 1. The molecule has 0 fully saturated rings. The van der Waals surface area contributed by atoms with Gasteiger partial charge in [-0.2, -0.15) is 0 Å². The van der Waals surface area contributed by atoms with Crippen LogP contribution in [0.1, 0.15) is 19.8 Å². The number of anilines is 1. The highest BCUT2D eigenvalue weighted by Crippen LogP contribution is 2.19. The largest absolute Gasteiger partial charge is 0.497 e. The summed E-state index contributed by atoms with van der Waals surface area (Å²) in [4.78, 5) is 12.2. The Hall–Kier alpha value is -2.81. The van der Waals surface area contributed by atoms with Crippen molar-refractivity contribution in [2.45, 2.75) is 25.8 Å². The van der Waals surface area contributed by atoms with Gasteiger partial charge in [0.25, 0.3) is 0 Å². The van der Waals surface area contributed by atoms with Crippen LogP contribution >= 0.6 is 0 Å². The average Bonchev–Trinajstić information content (AvgIpc) is 2.70. The number of benzene rings is 2. The van der Waals surface area contributed by atoms with Gasteiger partial charge in [-0.3, -0.25) is 9.10 Å². The number of methoxy groups -OCH3 is 1. The van der Waals surface area contributed by atoms with Crippen LogP contribution in [0, 0.1) is 5.82 Å². The third-order valence-electron chi connectivity index (χ3n) is 4.25. The molecule has 9 heteroatoms. The Morgan fingerprint density at radius 1 is 1.10 bits per heavy atom. The van der Waals surface area contributed by atoms with Crippen molar-refractivity contribution in [1.29, 1.82) is 0 Å². The number of hydrogen-bond acceptors (Lipinski definition) is 5. The number of sulfonamides is 1. The molecule has 0 bridgehead atoms. The van der Waals surface area contributed by atoms with E-state index in [0.29, 0.717) is 24.5 Å². The smallest absolute Gasteiger partial charge is 0.232 e. The highest BCUT2D eigenvalue weighted by Gasteiger charge is 2.18. The van der Waals surface area contributed by atoms with Crippen LogP contribution in [0.25, 0.3) is 0 Å². The van der Waals surface area contributed by atoms with Crippen LogP contribution < -0.4 is 19.1 Å². The summed E-state index contributed by atoms with van der Waals surface area (Å²) in [7, 11) is -1.96. The van der Waals surface area contributed by atoms with Gasteiger partial charge in [-0.1, -0.05) is 0 Å². The molecular formula is C21H27FN2O5S. The predicted molar refractivity (Wildman–Crippen MR) is 114 cm³/mol. The molecule has 0 aromatic heterocycles. The summed E-state index contributed by atoms with van der Waals surface area (Å²) in [5.74, 6) is 0.748. The van der Waals surface area contributed by atoms with Crippen molar-refractivity contribution in [3.05, 3.63) is 54.3 Å². The first-order chi connectivity index (χ1) is 14.2. The number of rotatable bonds is 11. The Labute approximate surface area is 176 Å². The Bertz CT molecular complexity index is 917. The Morgan fingerprint density at radius 3 is 2.27 bits per heavy atom. The second-order valence-corrected chi connectivity index (χ2v) is 8.78. The van der Waals surface area contributed by atoms with E-state index in [2.05, 4.69) is 5.32 Å². The van der Waals surface area contributed by atoms with Crippen molar-refractivity contribution in [3.63, 3.8) is 0 Å². The zero-order valence-electron chi connectivity index (χ0n) is 17.3. The number of halogens is 1. The van der Waals surface area contributed by atoms with Crippen molar-refractivity contribution >= 4 is 21.6 Å². The summed E-state index contributed by atoms with van der Waals surface area (Å²) in [5.41, 5.74) is 0.362. The molecule has 30 heavy (non-hydrogen) atoms. The quantitative estimate of drug-likeness (QED) is 0.583.